The van der Waals surface area contributed by atoms with Gasteiger partial charge < -0.3 is 19.3 Å². The number of carbonyl (C=O) groups excluding carboxylic acids is 3. The van der Waals surface area contributed by atoms with Crippen molar-refractivity contribution in [3.8, 4) is 0 Å². The van der Waals surface area contributed by atoms with Gasteiger partial charge in [0.15, 0.2) is 11.9 Å². The van der Waals surface area contributed by atoms with Crippen molar-refractivity contribution < 1.29 is 33.7 Å². The third-order valence-corrected chi connectivity index (χ3v) is 10.1. The van der Waals surface area contributed by atoms with Gasteiger partial charge in [0.25, 0.3) is 0 Å². The van der Waals surface area contributed by atoms with Crippen LogP contribution >= 0.6 is 0 Å². The largest absolute Gasteiger partial charge is 0.466 e. The van der Waals surface area contributed by atoms with Crippen molar-refractivity contribution in [3.05, 3.63) is 23.8 Å². The molecule has 1 aliphatic heterocycles. The summed E-state index contributed by atoms with van der Waals surface area (Å²) in [4.78, 5) is 38.7. The first kappa shape index (κ1) is 23.7. The molecule has 0 amide bonds. The number of ketones is 1. The minimum Gasteiger partial charge on any atom is -0.466 e. The Bertz CT molecular complexity index is 968. The van der Waals surface area contributed by atoms with Gasteiger partial charge in [0.05, 0.1) is 19.8 Å². The zero-order valence-electron chi connectivity index (χ0n) is 20.5. The van der Waals surface area contributed by atoms with Gasteiger partial charge in [0.1, 0.15) is 0 Å². The average Bonchev–Trinajstić information content (AvgIpc) is 3.33. The van der Waals surface area contributed by atoms with E-state index >= 15 is 0 Å². The summed E-state index contributed by atoms with van der Waals surface area (Å²) in [7, 11) is 1.34. The lowest BCUT2D eigenvalue weighted by Gasteiger charge is -2.58. The van der Waals surface area contributed by atoms with E-state index in [1.54, 1.807) is 6.08 Å². The summed E-state index contributed by atoms with van der Waals surface area (Å²) in [6.07, 6.45) is 8.13. The lowest BCUT2D eigenvalue weighted by atomic mass is 9.47. The van der Waals surface area contributed by atoms with Crippen molar-refractivity contribution in [3.63, 3.8) is 0 Å². The summed E-state index contributed by atoms with van der Waals surface area (Å²) in [5.74, 6) is -0.479. The molecule has 34 heavy (non-hydrogen) atoms. The van der Waals surface area contributed by atoms with Gasteiger partial charge in [-0.15, -0.1) is 0 Å². The minimum atomic E-state index is -1.42. The van der Waals surface area contributed by atoms with E-state index in [1.165, 1.54) is 12.7 Å². The van der Waals surface area contributed by atoms with Crippen LogP contribution in [0.1, 0.15) is 59.3 Å². The molecule has 0 aromatic carbocycles. The molecule has 7 nitrogen and oxygen atoms in total. The van der Waals surface area contributed by atoms with Gasteiger partial charge in [-0.25, -0.2) is 9.59 Å². The van der Waals surface area contributed by atoms with Gasteiger partial charge >= 0.3 is 11.9 Å². The predicted octanol–water partition coefficient (Wildman–Crippen LogP) is 3.15. The first-order valence-electron chi connectivity index (χ1n) is 12.6. The quantitative estimate of drug-likeness (QED) is 0.630. The van der Waals surface area contributed by atoms with E-state index in [0.29, 0.717) is 24.7 Å². The summed E-state index contributed by atoms with van der Waals surface area (Å²) >= 11 is 0. The number of aliphatic hydroxyl groups is 1. The van der Waals surface area contributed by atoms with E-state index in [-0.39, 0.29) is 29.6 Å². The van der Waals surface area contributed by atoms with Crippen LogP contribution in [-0.4, -0.2) is 54.4 Å². The number of carbonyl (C=O) groups is 3. The second kappa shape index (κ2) is 8.02. The van der Waals surface area contributed by atoms with Crippen LogP contribution in [0, 0.1) is 34.5 Å². The van der Waals surface area contributed by atoms with Gasteiger partial charge in [0, 0.05) is 16.7 Å². The molecule has 3 saturated carbocycles. The van der Waals surface area contributed by atoms with Crippen molar-refractivity contribution in [1.82, 2.24) is 0 Å². The van der Waals surface area contributed by atoms with Gasteiger partial charge in [-0.3, -0.25) is 4.79 Å². The zero-order valence-corrected chi connectivity index (χ0v) is 20.5. The standard InChI is InChI=1S/C27H36O7/c1-15-13-20-18-6-5-16-14-17(28)7-10-25(16,2)19(18)8-11-26(20,3)27(15,24(31)32-4)34-23(30)22-21(29)9-12-33-22/h7,10,14-15,18-22,29H,5-6,8-9,11-13H2,1-4H3/t15-,18-,19+,20+,21?,22+,25+,26+,27+/m1/s1. The molecule has 1 unspecified atom stereocenters. The Kier molecular flexibility index (Phi) is 5.60. The Morgan fingerprint density at radius 1 is 1.18 bits per heavy atom. The highest BCUT2D eigenvalue weighted by atomic mass is 16.6. The number of aliphatic hydroxyl groups excluding tert-OH is 1. The average molecular weight is 473 g/mol. The Hall–Kier alpha value is -1.99. The second-order valence-electron chi connectivity index (χ2n) is 11.5. The molecule has 9 atom stereocenters. The monoisotopic (exact) mass is 472 g/mol. The number of hydrogen-bond acceptors (Lipinski definition) is 7. The van der Waals surface area contributed by atoms with Gasteiger partial charge in [-0.2, -0.15) is 0 Å². The number of rotatable bonds is 3. The van der Waals surface area contributed by atoms with E-state index in [1.807, 2.05) is 13.0 Å². The molecule has 5 rings (SSSR count). The Morgan fingerprint density at radius 3 is 2.62 bits per heavy atom. The van der Waals surface area contributed by atoms with Crippen molar-refractivity contribution >= 4 is 17.7 Å². The number of allylic oxidation sites excluding steroid dienone is 4. The Labute approximate surface area is 200 Å². The lowest BCUT2D eigenvalue weighted by Crippen LogP contribution is -2.62. The number of esters is 2. The lowest BCUT2D eigenvalue weighted by molar-refractivity contribution is -0.215. The SMILES string of the molecule is COC(=O)[C@@]1(OC(=O)[C@H]2OCCC2O)[C@H](C)C[C@H]2[C@@H]3CCC4=CC(=O)C=C[C@]4(C)[C@H]3CC[C@@]21C. The van der Waals surface area contributed by atoms with Crippen molar-refractivity contribution in [2.45, 2.75) is 77.1 Å². The molecule has 1 saturated heterocycles. The molecule has 1 N–H and O–H groups in total. The summed E-state index contributed by atoms with van der Waals surface area (Å²) in [5, 5.41) is 10.2. The van der Waals surface area contributed by atoms with Crippen LogP contribution in [0.15, 0.2) is 23.8 Å². The molecule has 1 heterocycles. The number of fused-ring (bicyclic) bond motifs is 5. The molecule has 4 fully saturated rings. The van der Waals surface area contributed by atoms with E-state index in [0.717, 1.165) is 25.7 Å². The van der Waals surface area contributed by atoms with Crippen molar-refractivity contribution in [2.24, 2.45) is 34.5 Å². The summed E-state index contributed by atoms with van der Waals surface area (Å²) in [6.45, 7) is 6.59. The first-order chi connectivity index (χ1) is 16.1. The Balaban J connectivity index is 1.51. The van der Waals surface area contributed by atoms with Gasteiger partial charge in [-0.1, -0.05) is 32.4 Å². The van der Waals surface area contributed by atoms with Crippen LogP contribution in [0.25, 0.3) is 0 Å². The van der Waals surface area contributed by atoms with E-state index in [4.69, 9.17) is 14.2 Å². The molecule has 4 aliphatic carbocycles. The molecule has 0 aromatic heterocycles. The third-order valence-electron chi connectivity index (χ3n) is 10.1. The fourth-order valence-electron chi connectivity index (χ4n) is 8.39. The summed E-state index contributed by atoms with van der Waals surface area (Å²) in [5.41, 5.74) is -0.952. The fourth-order valence-corrected chi connectivity index (χ4v) is 8.39. The predicted molar refractivity (Wildman–Crippen MR) is 122 cm³/mol. The molecule has 7 heteroatoms. The zero-order chi connectivity index (χ0) is 24.5. The molecule has 0 aromatic rings. The topological polar surface area (TPSA) is 99.1 Å². The van der Waals surface area contributed by atoms with Crippen LogP contribution in [0.4, 0.5) is 0 Å². The molecular formula is C27H36O7. The number of ether oxygens (including phenoxy) is 3. The highest BCUT2D eigenvalue weighted by Gasteiger charge is 2.72. The highest BCUT2D eigenvalue weighted by molar-refractivity contribution is 6.01. The molecule has 186 valence electrons. The van der Waals surface area contributed by atoms with Crippen molar-refractivity contribution in [2.75, 3.05) is 13.7 Å². The van der Waals surface area contributed by atoms with Crippen LogP contribution < -0.4 is 0 Å². The normalized spacial score (nSPS) is 47.3. The van der Waals surface area contributed by atoms with E-state index in [2.05, 4.69) is 19.9 Å². The molecule has 0 spiro atoms. The van der Waals surface area contributed by atoms with Crippen LogP contribution in [0.3, 0.4) is 0 Å². The Morgan fingerprint density at radius 2 is 1.94 bits per heavy atom. The van der Waals surface area contributed by atoms with Crippen molar-refractivity contribution in [1.29, 1.82) is 0 Å². The fraction of sp³-hybridized carbons (Fsp3) is 0.741. The maximum atomic E-state index is 13.5. The van der Waals surface area contributed by atoms with Gasteiger partial charge in [0.2, 0.25) is 5.60 Å². The summed E-state index contributed by atoms with van der Waals surface area (Å²) in [6, 6.07) is 0. The second-order valence-corrected chi connectivity index (χ2v) is 11.5. The van der Waals surface area contributed by atoms with Crippen LogP contribution in [0.2, 0.25) is 0 Å². The van der Waals surface area contributed by atoms with Crippen LogP contribution in [-0.2, 0) is 28.6 Å². The molecule has 0 radical (unpaired) electrons. The van der Waals surface area contributed by atoms with Crippen LogP contribution in [0.5, 0.6) is 0 Å². The molecular weight excluding hydrogens is 436 g/mol. The first-order valence-corrected chi connectivity index (χ1v) is 12.6. The third kappa shape index (κ3) is 3.05. The van der Waals surface area contributed by atoms with E-state index in [9.17, 15) is 19.5 Å². The smallest absolute Gasteiger partial charge is 0.351 e. The number of methoxy groups -OCH3 is 1. The van der Waals surface area contributed by atoms with E-state index < -0.39 is 35.2 Å². The minimum absolute atomic E-state index is 0.0639. The summed E-state index contributed by atoms with van der Waals surface area (Å²) < 4.78 is 16.9. The maximum absolute atomic E-state index is 13.5. The molecule has 0 bridgehead atoms. The number of hydrogen-bond donors (Lipinski definition) is 1. The highest BCUT2D eigenvalue weighted by Crippen LogP contribution is 2.69. The maximum Gasteiger partial charge on any atom is 0.351 e. The van der Waals surface area contributed by atoms with Gasteiger partial charge in [-0.05, 0) is 68.4 Å². The molecule has 5 aliphatic rings.